The van der Waals surface area contributed by atoms with Crippen LogP contribution in [0.4, 0.5) is 0 Å². The minimum absolute atomic E-state index is 0.272. The zero-order valence-electron chi connectivity index (χ0n) is 8.68. The number of pyridine rings is 1. The Morgan fingerprint density at radius 2 is 2.24 bits per heavy atom. The Labute approximate surface area is 109 Å². The summed E-state index contributed by atoms with van der Waals surface area (Å²) in [7, 11) is 1.15. The quantitative estimate of drug-likeness (QED) is 0.610. The normalized spacial score (nSPS) is 10.5. The zero-order chi connectivity index (χ0) is 12.6. The molecule has 2 aromatic heterocycles. The fourth-order valence-corrected chi connectivity index (χ4v) is 1.80. The molecule has 2 heterocycles. The van der Waals surface area contributed by atoms with E-state index >= 15 is 0 Å². The van der Waals surface area contributed by atoms with Gasteiger partial charge in [-0.05, 0) is 34.7 Å². The van der Waals surface area contributed by atoms with Crippen molar-refractivity contribution < 1.29 is 14.6 Å². The molecule has 2 aromatic rings. The summed E-state index contributed by atoms with van der Waals surface area (Å²) in [6.07, 6.45) is 1.52. The maximum Gasteiger partial charge on any atom is 0.360 e. The molecular formula is C10H7IN2O4. The van der Waals surface area contributed by atoms with Gasteiger partial charge in [0.2, 0.25) is 5.75 Å². The van der Waals surface area contributed by atoms with Crippen molar-refractivity contribution in [3.63, 3.8) is 0 Å². The first-order chi connectivity index (χ1) is 8.04. The number of rotatable bonds is 1. The van der Waals surface area contributed by atoms with Gasteiger partial charge in [-0.3, -0.25) is 9.20 Å². The Bertz CT molecular complexity index is 665. The van der Waals surface area contributed by atoms with E-state index in [2.05, 4.69) is 9.72 Å². The molecular weight excluding hydrogens is 339 g/mol. The summed E-state index contributed by atoms with van der Waals surface area (Å²) in [6.45, 7) is 0. The molecule has 0 saturated carbocycles. The average molecular weight is 346 g/mol. The second kappa shape index (κ2) is 4.32. The summed E-state index contributed by atoms with van der Waals surface area (Å²) >= 11 is 2.02. The lowest BCUT2D eigenvalue weighted by Crippen LogP contribution is -2.19. The number of esters is 1. The predicted octanol–water partition coefficient (Wildman–Crippen LogP) is 0.791. The molecule has 7 heteroatoms. The SMILES string of the molecule is COC(=O)c1nc2ccc(I)cn2c(=O)c1O. The van der Waals surface area contributed by atoms with E-state index in [0.717, 1.165) is 10.7 Å². The van der Waals surface area contributed by atoms with Crippen LogP contribution in [0.15, 0.2) is 23.1 Å². The number of carbonyl (C=O) groups excluding carboxylic acids is 1. The van der Waals surface area contributed by atoms with Crippen molar-refractivity contribution >= 4 is 34.2 Å². The second-order valence-electron chi connectivity index (χ2n) is 3.18. The summed E-state index contributed by atoms with van der Waals surface area (Å²) < 4.78 is 6.41. The van der Waals surface area contributed by atoms with Crippen LogP contribution in [0.2, 0.25) is 0 Å². The van der Waals surface area contributed by atoms with Crippen LogP contribution >= 0.6 is 22.6 Å². The van der Waals surface area contributed by atoms with Gasteiger partial charge in [-0.2, -0.15) is 0 Å². The van der Waals surface area contributed by atoms with Crippen LogP contribution < -0.4 is 5.56 Å². The molecule has 0 atom stereocenters. The van der Waals surface area contributed by atoms with Crippen molar-refractivity contribution in [2.24, 2.45) is 0 Å². The molecule has 0 aromatic carbocycles. The van der Waals surface area contributed by atoms with Gasteiger partial charge in [-0.15, -0.1) is 0 Å². The highest BCUT2D eigenvalue weighted by Crippen LogP contribution is 2.13. The first-order valence-electron chi connectivity index (χ1n) is 4.54. The van der Waals surface area contributed by atoms with E-state index in [-0.39, 0.29) is 11.3 Å². The number of methoxy groups -OCH3 is 1. The van der Waals surface area contributed by atoms with Crippen LogP contribution in [0.5, 0.6) is 5.75 Å². The lowest BCUT2D eigenvalue weighted by atomic mass is 10.3. The van der Waals surface area contributed by atoms with Crippen LogP contribution in [0.1, 0.15) is 10.5 Å². The first-order valence-corrected chi connectivity index (χ1v) is 5.61. The Balaban J connectivity index is 2.84. The first kappa shape index (κ1) is 11.8. The highest BCUT2D eigenvalue weighted by molar-refractivity contribution is 14.1. The summed E-state index contributed by atoms with van der Waals surface area (Å²) in [5.41, 5.74) is -0.804. The summed E-state index contributed by atoms with van der Waals surface area (Å²) in [4.78, 5) is 27.0. The standard InChI is InChI=1S/C10H7IN2O4/c1-17-10(16)7-8(14)9(15)13-4-5(11)2-3-6(13)12-7/h2-4,14H,1H3. The maximum absolute atomic E-state index is 11.8. The lowest BCUT2D eigenvalue weighted by Gasteiger charge is -2.05. The van der Waals surface area contributed by atoms with Gasteiger partial charge in [0.25, 0.3) is 0 Å². The fraction of sp³-hybridized carbons (Fsp3) is 0.100. The van der Waals surface area contributed by atoms with E-state index in [1.165, 1.54) is 10.6 Å². The summed E-state index contributed by atoms with van der Waals surface area (Å²) in [5, 5.41) is 9.59. The molecule has 0 saturated heterocycles. The second-order valence-corrected chi connectivity index (χ2v) is 4.43. The van der Waals surface area contributed by atoms with Crippen molar-refractivity contribution in [1.82, 2.24) is 9.38 Å². The smallest absolute Gasteiger partial charge is 0.360 e. The highest BCUT2D eigenvalue weighted by Gasteiger charge is 2.18. The number of fused-ring (bicyclic) bond motifs is 1. The van der Waals surface area contributed by atoms with Gasteiger partial charge in [0.1, 0.15) is 5.65 Å². The highest BCUT2D eigenvalue weighted by atomic mass is 127. The number of nitrogens with zero attached hydrogens (tertiary/aromatic N) is 2. The predicted molar refractivity (Wildman–Crippen MR) is 67.2 cm³/mol. The number of halogens is 1. The van der Waals surface area contributed by atoms with E-state index < -0.39 is 17.3 Å². The van der Waals surface area contributed by atoms with Crippen LogP contribution in [-0.4, -0.2) is 27.6 Å². The van der Waals surface area contributed by atoms with Gasteiger partial charge in [0.05, 0.1) is 7.11 Å². The molecule has 0 aliphatic carbocycles. The summed E-state index contributed by atoms with van der Waals surface area (Å²) in [6, 6.07) is 3.31. The van der Waals surface area contributed by atoms with Crippen molar-refractivity contribution in [1.29, 1.82) is 0 Å². The Morgan fingerprint density at radius 3 is 2.88 bits per heavy atom. The average Bonchev–Trinajstić information content (AvgIpc) is 2.33. The molecule has 0 spiro atoms. The van der Waals surface area contributed by atoms with Crippen LogP contribution in [0.25, 0.3) is 5.65 Å². The minimum Gasteiger partial charge on any atom is -0.501 e. The van der Waals surface area contributed by atoms with Crippen LogP contribution in [0.3, 0.4) is 0 Å². The molecule has 0 radical (unpaired) electrons. The van der Waals surface area contributed by atoms with Gasteiger partial charge in [-0.25, -0.2) is 9.78 Å². The fourth-order valence-electron chi connectivity index (χ4n) is 1.34. The monoisotopic (exact) mass is 346 g/mol. The molecule has 88 valence electrons. The molecule has 1 N–H and O–H groups in total. The Kier molecular flexibility index (Phi) is 3.01. The van der Waals surface area contributed by atoms with Gasteiger partial charge in [0, 0.05) is 9.77 Å². The largest absolute Gasteiger partial charge is 0.501 e. The molecule has 0 bridgehead atoms. The third-order valence-corrected chi connectivity index (χ3v) is 2.78. The van der Waals surface area contributed by atoms with Crippen molar-refractivity contribution in [2.45, 2.75) is 0 Å². The number of hydrogen-bond acceptors (Lipinski definition) is 5. The third kappa shape index (κ3) is 1.97. The molecule has 17 heavy (non-hydrogen) atoms. The molecule has 0 amide bonds. The Hall–Kier alpha value is -1.64. The third-order valence-electron chi connectivity index (χ3n) is 2.14. The summed E-state index contributed by atoms with van der Waals surface area (Å²) in [5.74, 6) is -1.56. The van der Waals surface area contributed by atoms with E-state index in [1.54, 1.807) is 12.1 Å². The van der Waals surface area contributed by atoms with Gasteiger partial charge in [0.15, 0.2) is 5.69 Å². The molecule has 0 aliphatic heterocycles. The van der Waals surface area contributed by atoms with Crippen molar-refractivity contribution in [3.8, 4) is 5.75 Å². The molecule has 6 nitrogen and oxygen atoms in total. The number of aromatic nitrogens is 2. The van der Waals surface area contributed by atoms with Crippen LogP contribution in [0, 0.1) is 3.57 Å². The Morgan fingerprint density at radius 1 is 1.53 bits per heavy atom. The maximum atomic E-state index is 11.8. The molecule has 0 aliphatic rings. The van der Waals surface area contributed by atoms with Crippen molar-refractivity contribution in [3.05, 3.63) is 37.9 Å². The van der Waals surface area contributed by atoms with Gasteiger partial charge in [-0.1, -0.05) is 0 Å². The zero-order valence-corrected chi connectivity index (χ0v) is 10.8. The molecule has 0 unspecified atom stereocenters. The lowest BCUT2D eigenvalue weighted by molar-refractivity contribution is 0.0590. The van der Waals surface area contributed by atoms with Crippen LogP contribution in [-0.2, 0) is 4.74 Å². The van der Waals surface area contributed by atoms with E-state index in [4.69, 9.17) is 0 Å². The molecule has 0 fully saturated rings. The topological polar surface area (TPSA) is 80.9 Å². The number of hydrogen-bond donors (Lipinski definition) is 1. The minimum atomic E-state index is -0.847. The number of aromatic hydroxyl groups is 1. The van der Waals surface area contributed by atoms with E-state index in [9.17, 15) is 14.7 Å². The molecule has 2 rings (SSSR count). The van der Waals surface area contributed by atoms with Gasteiger partial charge >= 0.3 is 11.5 Å². The van der Waals surface area contributed by atoms with E-state index in [1.807, 2.05) is 22.6 Å². The van der Waals surface area contributed by atoms with Crippen molar-refractivity contribution in [2.75, 3.05) is 7.11 Å². The van der Waals surface area contributed by atoms with E-state index in [0.29, 0.717) is 0 Å². The number of carbonyl (C=O) groups is 1. The number of ether oxygens (including phenoxy) is 1. The van der Waals surface area contributed by atoms with Gasteiger partial charge < -0.3 is 9.84 Å².